The fourth-order valence-electron chi connectivity index (χ4n) is 0.313. The zero-order valence-electron chi connectivity index (χ0n) is 5.53. The number of rotatable bonds is 0. The van der Waals surface area contributed by atoms with Crippen molar-refractivity contribution in [2.24, 2.45) is 0 Å². The van der Waals surface area contributed by atoms with E-state index in [1.807, 2.05) is 18.2 Å². The van der Waals surface area contributed by atoms with Gasteiger partial charge in [0.25, 0.3) is 0 Å². The van der Waals surface area contributed by atoms with Crippen LogP contribution in [0.1, 0.15) is 1.43 Å². The summed E-state index contributed by atoms with van der Waals surface area (Å²) in [6.07, 6.45) is 3.50. The second-order valence-electron chi connectivity index (χ2n) is 1.02. The van der Waals surface area contributed by atoms with Crippen molar-refractivity contribution in [1.82, 2.24) is 4.98 Å². The Bertz CT molecular complexity index is 88.8. The lowest BCUT2D eigenvalue weighted by Gasteiger charge is -1.70. The number of aromatic nitrogens is 1. The molecular weight excluding hydrogens is 314 g/mol. The molecule has 1 heterocycles. The number of nitrogens with zero attached hydrogens (tertiary/aromatic N) is 1. The fourth-order valence-corrected chi connectivity index (χ4v) is 0.313. The maximum atomic E-state index is 3.78. The minimum atomic E-state index is 0. The fraction of sp³-hybridized carbons (Fsp3) is 0. The molecule has 4 heteroatoms. The second-order valence-corrected chi connectivity index (χ2v) is 1.02. The van der Waals surface area contributed by atoms with E-state index in [9.17, 15) is 0 Å². The highest BCUT2D eigenvalue weighted by molar-refractivity contribution is 8.93. The monoisotopic (exact) mass is 319 g/mol. The molecule has 54 valence electrons. The molecule has 0 atom stereocenters. The van der Waals surface area contributed by atoms with Gasteiger partial charge in [0.2, 0.25) is 0 Å². The molecule has 0 radical (unpaired) electrons. The Labute approximate surface area is 87.7 Å². The van der Waals surface area contributed by atoms with Crippen molar-refractivity contribution in [3.05, 3.63) is 30.6 Å². The summed E-state index contributed by atoms with van der Waals surface area (Å²) < 4.78 is 0. The molecule has 9 heavy (non-hydrogen) atoms. The van der Waals surface area contributed by atoms with Gasteiger partial charge in [0.1, 0.15) is 0 Å². The molecule has 0 aliphatic carbocycles. The van der Waals surface area contributed by atoms with Crippen LogP contribution in [0.25, 0.3) is 0 Å². The highest BCUT2D eigenvalue weighted by Crippen LogP contribution is 1.73. The molecule has 1 aromatic rings. The molecule has 0 spiro atoms. The van der Waals surface area contributed by atoms with Crippen LogP contribution in [0.5, 0.6) is 0 Å². The Morgan fingerprint density at radius 2 is 1.33 bits per heavy atom. The molecule has 0 aliphatic heterocycles. The van der Waals surface area contributed by atoms with Gasteiger partial charge in [-0.25, -0.2) is 0 Å². The third-order valence-electron chi connectivity index (χ3n) is 0.566. The molecule has 0 fully saturated rings. The summed E-state index contributed by atoms with van der Waals surface area (Å²) >= 11 is 0. The highest BCUT2D eigenvalue weighted by atomic mass is 79.9. The van der Waals surface area contributed by atoms with Crippen LogP contribution in [0.3, 0.4) is 0 Å². The van der Waals surface area contributed by atoms with Crippen LogP contribution >= 0.6 is 34.0 Å². The minimum absolute atomic E-state index is 0. The molecule has 0 unspecified atom stereocenters. The van der Waals surface area contributed by atoms with Crippen LogP contribution in [-0.2, 0) is 0 Å². The Morgan fingerprint density at radius 1 is 0.889 bits per heavy atom. The van der Waals surface area contributed by atoms with Crippen molar-refractivity contribution in [1.29, 1.82) is 0 Å². The Morgan fingerprint density at radius 3 is 1.44 bits per heavy atom. The van der Waals surface area contributed by atoms with E-state index in [1.165, 1.54) is 0 Å². The third-order valence-corrected chi connectivity index (χ3v) is 0.566. The molecule has 0 N–H and O–H groups in total. The van der Waals surface area contributed by atoms with Gasteiger partial charge in [-0.15, -0.1) is 34.0 Å². The molecule has 0 amide bonds. The van der Waals surface area contributed by atoms with Gasteiger partial charge >= 0.3 is 1.43 Å². The zero-order valence-corrected chi connectivity index (χ0v) is 9.54. The molecule has 1 rings (SSSR count). The molecular formula is C5H8Br3N. The van der Waals surface area contributed by atoms with E-state index in [0.29, 0.717) is 0 Å². The van der Waals surface area contributed by atoms with Crippen LogP contribution in [0.4, 0.5) is 0 Å². The minimum Gasteiger partial charge on any atom is -1.00 e. The summed E-state index contributed by atoms with van der Waals surface area (Å²) in [6.45, 7) is 0. The average Bonchev–Trinajstić information content (AvgIpc) is 1.72. The average molecular weight is 322 g/mol. The number of pyridine rings is 1. The van der Waals surface area contributed by atoms with Crippen molar-refractivity contribution >= 4 is 34.0 Å². The first-order valence-electron chi connectivity index (χ1n) is 1.85. The second kappa shape index (κ2) is 11.4. The van der Waals surface area contributed by atoms with Gasteiger partial charge < -0.3 is 17.0 Å². The predicted molar refractivity (Wildman–Crippen MR) is 46.0 cm³/mol. The van der Waals surface area contributed by atoms with Crippen LogP contribution in [0.2, 0.25) is 0 Å². The molecule has 0 bridgehead atoms. The van der Waals surface area contributed by atoms with Gasteiger partial charge in [-0.1, -0.05) is 6.07 Å². The smallest absolute Gasteiger partial charge is 1.00 e. The van der Waals surface area contributed by atoms with Gasteiger partial charge in [-0.3, -0.25) is 4.98 Å². The maximum absolute atomic E-state index is 3.78. The molecule has 0 aliphatic rings. The lowest BCUT2D eigenvalue weighted by Crippen LogP contribution is -3.00. The first-order chi connectivity index (χ1) is 3.00. The van der Waals surface area contributed by atoms with E-state index in [4.69, 9.17) is 0 Å². The topological polar surface area (TPSA) is 12.9 Å². The number of hydrogen-bond donors (Lipinski definition) is 0. The van der Waals surface area contributed by atoms with E-state index >= 15 is 0 Å². The van der Waals surface area contributed by atoms with Gasteiger partial charge in [0.05, 0.1) is 0 Å². The standard InChI is InChI=1S/C5H5N.3BrH/c1-2-4-6-5-3-1;;;/h1-5H;3*1H. The lowest BCUT2D eigenvalue weighted by molar-refractivity contribution is -0.00000150. The van der Waals surface area contributed by atoms with Crippen molar-refractivity contribution in [2.45, 2.75) is 0 Å². The Kier molecular flexibility index (Phi) is 20.6. The Balaban J connectivity index is -0.0000000450. The molecule has 0 aromatic carbocycles. The SMILES string of the molecule is Br.Br.[Br-].[H+].c1ccncc1. The van der Waals surface area contributed by atoms with Crippen LogP contribution in [0, 0.1) is 0 Å². The van der Waals surface area contributed by atoms with Crippen LogP contribution < -0.4 is 17.0 Å². The summed E-state index contributed by atoms with van der Waals surface area (Å²) in [5.41, 5.74) is 0. The van der Waals surface area contributed by atoms with E-state index in [-0.39, 0.29) is 52.4 Å². The largest absolute Gasteiger partial charge is 1.00 e. The highest BCUT2D eigenvalue weighted by Gasteiger charge is 1.58. The number of halogens is 3. The van der Waals surface area contributed by atoms with Gasteiger partial charge in [0, 0.05) is 12.4 Å². The van der Waals surface area contributed by atoms with E-state index in [1.54, 1.807) is 12.4 Å². The van der Waals surface area contributed by atoms with Crippen molar-refractivity contribution in [3.8, 4) is 0 Å². The van der Waals surface area contributed by atoms with Crippen molar-refractivity contribution in [2.75, 3.05) is 0 Å². The van der Waals surface area contributed by atoms with Crippen molar-refractivity contribution in [3.63, 3.8) is 0 Å². The molecule has 1 nitrogen and oxygen atoms in total. The van der Waals surface area contributed by atoms with Gasteiger partial charge in [0.15, 0.2) is 0 Å². The molecule has 1 aromatic heterocycles. The third kappa shape index (κ3) is 8.59. The molecule has 0 saturated carbocycles. The predicted octanol–water partition coefficient (Wildman–Crippen LogP) is -0.646. The first kappa shape index (κ1) is 16.3. The van der Waals surface area contributed by atoms with Crippen molar-refractivity contribution < 1.29 is 18.4 Å². The number of hydrogen-bond acceptors (Lipinski definition) is 1. The van der Waals surface area contributed by atoms with E-state index < -0.39 is 0 Å². The molecule has 0 saturated heterocycles. The Hall–Kier alpha value is 0.590. The summed E-state index contributed by atoms with van der Waals surface area (Å²) in [5.74, 6) is 0. The zero-order chi connectivity index (χ0) is 4.24. The van der Waals surface area contributed by atoms with Gasteiger partial charge in [-0.05, 0) is 12.1 Å². The summed E-state index contributed by atoms with van der Waals surface area (Å²) in [5, 5.41) is 0. The summed E-state index contributed by atoms with van der Waals surface area (Å²) in [4.78, 5) is 3.78. The van der Waals surface area contributed by atoms with Crippen LogP contribution in [-0.4, -0.2) is 4.98 Å². The maximum Gasteiger partial charge on any atom is 1.00 e. The first-order valence-corrected chi connectivity index (χ1v) is 1.85. The summed E-state index contributed by atoms with van der Waals surface area (Å²) in [6, 6.07) is 5.72. The normalized spacial score (nSPS) is 5.33. The van der Waals surface area contributed by atoms with Gasteiger partial charge in [-0.2, -0.15) is 0 Å². The van der Waals surface area contributed by atoms with E-state index in [0.717, 1.165) is 0 Å². The quantitative estimate of drug-likeness (QED) is 0.619. The summed E-state index contributed by atoms with van der Waals surface area (Å²) in [7, 11) is 0. The van der Waals surface area contributed by atoms with Crippen LogP contribution in [0.15, 0.2) is 30.6 Å². The van der Waals surface area contributed by atoms with E-state index in [2.05, 4.69) is 4.98 Å². The lowest BCUT2D eigenvalue weighted by atomic mass is 10.5.